The quantitative estimate of drug-likeness (QED) is 0.158. The zero-order chi connectivity index (χ0) is 40.3. The molecule has 0 atom stereocenters. The van der Waals surface area contributed by atoms with Crippen LogP contribution in [0.3, 0.4) is 0 Å². The molecule has 0 amide bonds. The third-order valence-electron chi connectivity index (χ3n) is 12.1. The van der Waals surface area contributed by atoms with E-state index in [-0.39, 0.29) is 0 Å². The first-order valence-corrected chi connectivity index (χ1v) is 20.7. The van der Waals surface area contributed by atoms with Gasteiger partial charge in [0.05, 0.1) is 11.4 Å². The van der Waals surface area contributed by atoms with Crippen molar-refractivity contribution in [1.82, 2.24) is 9.97 Å². The molecule has 0 saturated heterocycles. The van der Waals surface area contributed by atoms with Crippen LogP contribution in [0.25, 0.3) is 122 Å². The van der Waals surface area contributed by atoms with Gasteiger partial charge in [0.15, 0.2) is 5.82 Å². The molecule has 0 spiro atoms. The SMILES string of the molecule is c1ccc(-c2ccc(-c3cc(-c4ccc5oc6ccccc6c5c4)cc(-c4cc(-c5ccc6c7ccccc7c7ccccc7c6c5)nc(-c5ccccc5)n4)c3)cc2)cc1. The Morgan fingerprint density at radius 3 is 1.33 bits per heavy atom. The molecule has 0 saturated carbocycles. The maximum Gasteiger partial charge on any atom is 0.160 e. The lowest BCUT2D eigenvalue weighted by molar-refractivity contribution is 0.669. The van der Waals surface area contributed by atoms with Crippen molar-refractivity contribution in [2.75, 3.05) is 0 Å². The molecule has 61 heavy (non-hydrogen) atoms. The number of para-hydroxylation sites is 1. The summed E-state index contributed by atoms with van der Waals surface area (Å²) in [6.07, 6.45) is 0. The van der Waals surface area contributed by atoms with Gasteiger partial charge in [-0.15, -0.1) is 0 Å². The monoisotopic (exact) mass is 776 g/mol. The van der Waals surface area contributed by atoms with Crippen LogP contribution < -0.4 is 0 Å². The molecule has 2 aromatic heterocycles. The lowest BCUT2D eigenvalue weighted by Crippen LogP contribution is -1.97. The molecule has 2 heterocycles. The summed E-state index contributed by atoms with van der Waals surface area (Å²) in [4.78, 5) is 10.6. The Balaban J connectivity index is 1.07. The van der Waals surface area contributed by atoms with E-state index in [2.05, 4.69) is 188 Å². The predicted octanol–water partition coefficient (Wildman–Crippen LogP) is 15.8. The molecule has 10 aromatic carbocycles. The van der Waals surface area contributed by atoms with Gasteiger partial charge in [0.25, 0.3) is 0 Å². The van der Waals surface area contributed by atoms with E-state index in [1.165, 1.54) is 43.4 Å². The average Bonchev–Trinajstić information content (AvgIpc) is 3.72. The van der Waals surface area contributed by atoms with Gasteiger partial charge in [-0.05, 0) is 114 Å². The van der Waals surface area contributed by atoms with Gasteiger partial charge >= 0.3 is 0 Å². The van der Waals surface area contributed by atoms with Gasteiger partial charge in [0.1, 0.15) is 11.2 Å². The Labute approximate surface area is 352 Å². The van der Waals surface area contributed by atoms with E-state index in [1.54, 1.807) is 0 Å². The van der Waals surface area contributed by atoms with Crippen LogP contribution in [-0.2, 0) is 0 Å². The lowest BCUT2D eigenvalue weighted by Gasteiger charge is -2.15. The molecule has 0 fully saturated rings. The van der Waals surface area contributed by atoms with E-state index >= 15 is 0 Å². The summed E-state index contributed by atoms with van der Waals surface area (Å²) in [5.41, 5.74) is 13.3. The van der Waals surface area contributed by atoms with E-state index < -0.39 is 0 Å². The van der Waals surface area contributed by atoms with Gasteiger partial charge in [-0.2, -0.15) is 0 Å². The van der Waals surface area contributed by atoms with Crippen LogP contribution in [0, 0.1) is 0 Å². The number of aromatic nitrogens is 2. The molecule has 0 bridgehead atoms. The first-order valence-electron chi connectivity index (χ1n) is 20.7. The summed E-state index contributed by atoms with van der Waals surface area (Å²) in [5.74, 6) is 0.682. The van der Waals surface area contributed by atoms with Crippen LogP contribution >= 0.6 is 0 Å². The molecule has 12 aromatic rings. The van der Waals surface area contributed by atoms with Crippen LogP contribution in [0.5, 0.6) is 0 Å². The Morgan fingerprint density at radius 2 is 0.656 bits per heavy atom. The van der Waals surface area contributed by atoms with Gasteiger partial charge in [-0.3, -0.25) is 0 Å². The molecule has 0 aliphatic rings. The maximum absolute atomic E-state index is 6.24. The zero-order valence-electron chi connectivity index (χ0n) is 33.1. The Kier molecular flexibility index (Phi) is 8.17. The van der Waals surface area contributed by atoms with Gasteiger partial charge < -0.3 is 4.42 Å². The van der Waals surface area contributed by atoms with Crippen molar-refractivity contribution in [2.24, 2.45) is 0 Å². The fraction of sp³-hybridized carbons (Fsp3) is 0. The number of nitrogens with zero attached hydrogens (tertiary/aromatic N) is 2. The minimum Gasteiger partial charge on any atom is -0.456 e. The van der Waals surface area contributed by atoms with Gasteiger partial charge in [-0.25, -0.2) is 9.97 Å². The summed E-state index contributed by atoms with van der Waals surface area (Å²) in [5, 5.41) is 9.63. The van der Waals surface area contributed by atoms with E-state index in [9.17, 15) is 0 Å². The summed E-state index contributed by atoms with van der Waals surface area (Å²) >= 11 is 0. The highest BCUT2D eigenvalue weighted by molar-refractivity contribution is 6.25. The molecule has 0 aliphatic carbocycles. The number of furan rings is 1. The largest absolute Gasteiger partial charge is 0.456 e. The van der Waals surface area contributed by atoms with Crippen LogP contribution in [-0.4, -0.2) is 9.97 Å². The minimum absolute atomic E-state index is 0.682. The fourth-order valence-corrected chi connectivity index (χ4v) is 9.03. The minimum atomic E-state index is 0.682. The Morgan fingerprint density at radius 1 is 0.230 bits per heavy atom. The number of rotatable bonds is 6. The number of hydrogen-bond acceptors (Lipinski definition) is 3. The van der Waals surface area contributed by atoms with E-state index in [4.69, 9.17) is 14.4 Å². The predicted molar refractivity (Wildman–Crippen MR) is 254 cm³/mol. The third kappa shape index (κ3) is 6.14. The molecular weight excluding hydrogens is 741 g/mol. The smallest absolute Gasteiger partial charge is 0.160 e. The first-order chi connectivity index (χ1) is 30.2. The second kappa shape index (κ2) is 14.3. The highest BCUT2D eigenvalue weighted by Gasteiger charge is 2.17. The molecule has 12 rings (SSSR count). The summed E-state index contributed by atoms with van der Waals surface area (Å²) in [7, 11) is 0. The van der Waals surface area contributed by atoms with Gasteiger partial charge in [-0.1, -0.05) is 170 Å². The topological polar surface area (TPSA) is 38.9 Å². The second-order valence-electron chi connectivity index (χ2n) is 15.7. The van der Waals surface area contributed by atoms with Crippen molar-refractivity contribution in [2.45, 2.75) is 0 Å². The van der Waals surface area contributed by atoms with E-state index in [1.807, 2.05) is 30.3 Å². The van der Waals surface area contributed by atoms with Crippen molar-refractivity contribution in [3.05, 3.63) is 218 Å². The number of hydrogen-bond donors (Lipinski definition) is 0. The lowest BCUT2D eigenvalue weighted by atomic mass is 9.92. The molecule has 0 aliphatic heterocycles. The maximum atomic E-state index is 6.24. The molecule has 284 valence electrons. The molecule has 3 heteroatoms. The summed E-state index contributed by atoms with van der Waals surface area (Å²) in [6.45, 7) is 0. The number of benzene rings is 10. The van der Waals surface area contributed by atoms with Gasteiger partial charge in [0, 0.05) is 27.5 Å². The average molecular weight is 777 g/mol. The molecular formula is C58H36N2O. The first kappa shape index (κ1) is 34.9. The van der Waals surface area contributed by atoms with Crippen molar-refractivity contribution >= 4 is 54.3 Å². The molecule has 0 unspecified atom stereocenters. The number of fused-ring (bicyclic) bond motifs is 9. The Bertz CT molecular complexity index is 3590. The fourth-order valence-electron chi connectivity index (χ4n) is 9.03. The molecule has 0 radical (unpaired) electrons. The normalized spacial score (nSPS) is 11.6. The highest BCUT2D eigenvalue weighted by atomic mass is 16.3. The zero-order valence-corrected chi connectivity index (χ0v) is 33.1. The Hall–Kier alpha value is -8.14. The van der Waals surface area contributed by atoms with Crippen LogP contribution in [0.15, 0.2) is 223 Å². The molecule has 0 N–H and O–H groups in total. The third-order valence-corrected chi connectivity index (χ3v) is 12.1. The second-order valence-corrected chi connectivity index (χ2v) is 15.7. The standard InChI is InChI=1S/C58H36N2O/c1-3-13-37(14-4-1)38-23-25-39(26-24-38)43-31-44(41-28-30-57-53(34-41)51-21-11-12-22-56(51)61-57)33-45(32-43)55-36-54(59-58(60-55)40-15-5-2-6-16-40)42-27-29-50-48-19-8-7-17-46(48)47-18-9-10-20-49(47)52(50)35-42/h1-36H. The van der Waals surface area contributed by atoms with Crippen LogP contribution in [0.4, 0.5) is 0 Å². The van der Waals surface area contributed by atoms with Crippen molar-refractivity contribution in [3.63, 3.8) is 0 Å². The van der Waals surface area contributed by atoms with Crippen molar-refractivity contribution in [3.8, 4) is 67.3 Å². The van der Waals surface area contributed by atoms with Crippen molar-refractivity contribution < 1.29 is 4.42 Å². The summed E-state index contributed by atoms with van der Waals surface area (Å²) in [6, 6.07) is 77.7. The molecule has 3 nitrogen and oxygen atoms in total. The van der Waals surface area contributed by atoms with E-state index in [0.29, 0.717) is 5.82 Å². The van der Waals surface area contributed by atoms with Crippen LogP contribution in [0.2, 0.25) is 0 Å². The van der Waals surface area contributed by atoms with E-state index in [0.717, 1.165) is 72.3 Å². The summed E-state index contributed by atoms with van der Waals surface area (Å²) < 4.78 is 6.24. The van der Waals surface area contributed by atoms with Gasteiger partial charge in [0.2, 0.25) is 0 Å². The van der Waals surface area contributed by atoms with Crippen molar-refractivity contribution in [1.29, 1.82) is 0 Å². The van der Waals surface area contributed by atoms with Crippen LogP contribution in [0.1, 0.15) is 0 Å². The highest BCUT2D eigenvalue weighted by Crippen LogP contribution is 2.40.